The quantitative estimate of drug-likeness (QED) is 0.752. The first-order valence-electron chi connectivity index (χ1n) is 6.97. The highest BCUT2D eigenvalue weighted by atomic mass is 79.9. The monoisotopic (exact) mass is 371 g/mol. The molecule has 1 aromatic carbocycles. The van der Waals surface area contributed by atoms with Crippen molar-refractivity contribution < 1.29 is 14.7 Å². The number of aliphatic carboxylic acids is 1. The molecule has 4 nitrogen and oxygen atoms in total. The molecule has 1 aliphatic rings. The summed E-state index contributed by atoms with van der Waals surface area (Å²) in [6, 6.07) is 7.68. The van der Waals surface area contributed by atoms with Gasteiger partial charge in [-0.25, -0.2) is 0 Å². The summed E-state index contributed by atoms with van der Waals surface area (Å²) in [4.78, 5) is 24.1. The van der Waals surface area contributed by atoms with Gasteiger partial charge < -0.3 is 10.4 Å². The summed E-state index contributed by atoms with van der Waals surface area (Å²) in [6.07, 6.45) is 2.69. The summed E-state index contributed by atoms with van der Waals surface area (Å²) in [7, 11) is 0. The first-order chi connectivity index (χ1) is 10.1. The van der Waals surface area contributed by atoms with E-state index in [2.05, 4.69) is 21.2 Å². The number of nitrogens with one attached hydrogen (secondary N) is 1. The van der Waals surface area contributed by atoms with Gasteiger partial charge in [-0.15, -0.1) is 11.8 Å². The van der Waals surface area contributed by atoms with Gasteiger partial charge in [0.15, 0.2) is 0 Å². The van der Waals surface area contributed by atoms with Gasteiger partial charge in [-0.05, 0) is 40.9 Å². The number of carbonyl (C=O) groups is 2. The van der Waals surface area contributed by atoms with Gasteiger partial charge in [-0.3, -0.25) is 9.59 Å². The summed E-state index contributed by atoms with van der Waals surface area (Å²) >= 11 is 5.09. The van der Waals surface area contributed by atoms with Crippen molar-refractivity contribution >= 4 is 39.6 Å². The van der Waals surface area contributed by atoms with Gasteiger partial charge in [0, 0.05) is 27.6 Å². The molecule has 0 saturated heterocycles. The second-order valence-electron chi connectivity index (χ2n) is 5.08. The molecule has 0 heterocycles. The number of hydrogen-bond acceptors (Lipinski definition) is 3. The van der Waals surface area contributed by atoms with E-state index in [0.29, 0.717) is 18.6 Å². The van der Waals surface area contributed by atoms with Crippen LogP contribution in [0.4, 0.5) is 0 Å². The smallest absolute Gasteiger partial charge is 0.308 e. The lowest BCUT2D eigenvalue weighted by Gasteiger charge is -2.17. The van der Waals surface area contributed by atoms with Gasteiger partial charge >= 0.3 is 5.97 Å². The van der Waals surface area contributed by atoms with E-state index in [4.69, 9.17) is 5.11 Å². The summed E-state index contributed by atoms with van der Waals surface area (Å²) in [5, 5.41) is 12.0. The van der Waals surface area contributed by atoms with Crippen molar-refractivity contribution in [3.05, 3.63) is 28.7 Å². The number of hydrogen-bond donors (Lipinski definition) is 2. The van der Waals surface area contributed by atoms with Crippen molar-refractivity contribution in [3.63, 3.8) is 0 Å². The van der Waals surface area contributed by atoms with Crippen LogP contribution >= 0.6 is 27.7 Å². The minimum atomic E-state index is -0.805. The number of carbonyl (C=O) groups excluding carboxylic acids is 1. The normalized spacial score (nSPS) is 21.2. The van der Waals surface area contributed by atoms with Crippen molar-refractivity contribution in [2.24, 2.45) is 5.92 Å². The Labute approximate surface area is 136 Å². The van der Waals surface area contributed by atoms with Crippen LogP contribution in [0.3, 0.4) is 0 Å². The van der Waals surface area contributed by atoms with Crippen LogP contribution in [-0.4, -0.2) is 28.8 Å². The molecule has 0 radical (unpaired) electrons. The molecular weight excluding hydrogens is 354 g/mol. The molecule has 0 spiro atoms. The molecule has 1 aromatic rings. The Morgan fingerprint density at radius 3 is 2.81 bits per heavy atom. The Morgan fingerprint density at radius 1 is 1.33 bits per heavy atom. The average Bonchev–Trinajstić information content (AvgIpc) is 2.89. The van der Waals surface area contributed by atoms with Crippen LogP contribution in [0.5, 0.6) is 0 Å². The van der Waals surface area contributed by atoms with Gasteiger partial charge in [0.05, 0.1) is 5.92 Å². The maximum atomic E-state index is 11.9. The van der Waals surface area contributed by atoms with Gasteiger partial charge in [0.2, 0.25) is 5.91 Å². The Hall–Kier alpha value is -1.01. The van der Waals surface area contributed by atoms with Crippen molar-refractivity contribution in [3.8, 4) is 0 Å². The van der Waals surface area contributed by atoms with Crippen LogP contribution < -0.4 is 5.32 Å². The van der Waals surface area contributed by atoms with Crippen LogP contribution in [0, 0.1) is 5.92 Å². The van der Waals surface area contributed by atoms with Crippen molar-refractivity contribution in [2.45, 2.75) is 36.6 Å². The molecule has 0 aromatic heterocycles. The molecule has 2 atom stereocenters. The maximum absolute atomic E-state index is 11.9. The number of rotatable bonds is 6. The lowest BCUT2D eigenvalue weighted by Crippen LogP contribution is -2.40. The fourth-order valence-electron chi connectivity index (χ4n) is 2.52. The third-order valence-electron chi connectivity index (χ3n) is 3.60. The Morgan fingerprint density at radius 2 is 2.10 bits per heavy atom. The topological polar surface area (TPSA) is 66.4 Å². The molecule has 21 heavy (non-hydrogen) atoms. The van der Waals surface area contributed by atoms with Gasteiger partial charge in [0.1, 0.15) is 0 Å². The predicted molar refractivity (Wildman–Crippen MR) is 86.4 cm³/mol. The van der Waals surface area contributed by atoms with E-state index in [-0.39, 0.29) is 11.9 Å². The lowest BCUT2D eigenvalue weighted by molar-refractivity contribution is -0.142. The molecule has 0 aliphatic heterocycles. The van der Waals surface area contributed by atoms with E-state index in [1.807, 2.05) is 24.3 Å². The number of amides is 1. The Bertz CT molecular complexity index is 523. The number of benzene rings is 1. The van der Waals surface area contributed by atoms with E-state index in [0.717, 1.165) is 22.2 Å². The molecule has 2 N–H and O–H groups in total. The molecule has 6 heteroatoms. The van der Waals surface area contributed by atoms with E-state index in [1.165, 1.54) is 0 Å². The van der Waals surface area contributed by atoms with Crippen LogP contribution in [0.1, 0.15) is 25.7 Å². The predicted octanol–water partition coefficient (Wildman–Crippen LogP) is 3.30. The Balaban J connectivity index is 1.75. The fourth-order valence-corrected chi connectivity index (χ4v) is 4.04. The molecule has 1 aliphatic carbocycles. The molecule has 114 valence electrons. The molecule has 0 unspecified atom stereocenters. The number of thioether (sulfide) groups is 1. The summed E-state index contributed by atoms with van der Waals surface area (Å²) < 4.78 is 1.03. The third kappa shape index (κ3) is 4.74. The molecule has 2 rings (SSSR count). The number of carboxylic acids is 1. The van der Waals surface area contributed by atoms with E-state index < -0.39 is 11.9 Å². The van der Waals surface area contributed by atoms with E-state index >= 15 is 0 Å². The first-order valence-corrected chi connectivity index (χ1v) is 8.75. The van der Waals surface area contributed by atoms with Crippen LogP contribution in [-0.2, 0) is 9.59 Å². The lowest BCUT2D eigenvalue weighted by atomic mass is 10.0. The zero-order valence-corrected chi connectivity index (χ0v) is 14.0. The highest BCUT2D eigenvalue weighted by Gasteiger charge is 2.33. The summed E-state index contributed by atoms with van der Waals surface area (Å²) in [6.45, 7) is 0. The maximum Gasteiger partial charge on any atom is 0.308 e. The molecule has 0 bridgehead atoms. The number of halogens is 1. The average molecular weight is 372 g/mol. The minimum Gasteiger partial charge on any atom is -0.481 e. The second kappa shape index (κ2) is 7.84. The summed E-state index contributed by atoms with van der Waals surface area (Å²) in [5.74, 6) is -0.614. The zero-order valence-electron chi connectivity index (χ0n) is 11.5. The fraction of sp³-hybridized carbons (Fsp3) is 0.467. The second-order valence-corrected chi connectivity index (χ2v) is 7.07. The van der Waals surface area contributed by atoms with Crippen LogP contribution in [0.15, 0.2) is 33.6 Å². The highest BCUT2D eigenvalue weighted by molar-refractivity contribution is 9.10. The molecular formula is C15H18BrNO3S. The zero-order chi connectivity index (χ0) is 15.2. The summed E-state index contributed by atoms with van der Waals surface area (Å²) in [5.41, 5.74) is 0. The largest absolute Gasteiger partial charge is 0.481 e. The first kappa shape index (κ1) is 16.4. The van der Waals surface area contributed by atoms with Crippen LogP contribution in [0.25, 0.3) is 0 Å². The SMILES string of the molecule is O=C(CCSc1ccccc1Br)N[C@H]1CCC[C@H]1C(=O)O. The molecule has 1 fully saturated rings. The van der Waals surface area contributed by atoms with E-state index in [9.17, 15) is 9.59 Å². The molecule has 1 amide bonds. The van der Waals surface area contributed by atoms with Crippen LogP contribution in [0.2, 0.25) is 0 Å². The van der Waals surface area contributed by atoms with Gasteiger partial charge in [0.25, 0.3) is 0 Å². The highest BCUT2D eigenvalue weighted by Crippen LogP contribution is 2.28. The van der Waals surface area contributed by atoms with Crippen molar-refractivity contribution in [2.75, 3.05) is 5.75 Å². The number of carboxylic acid groups (broad SMARTS) is 1. The van der Waals surface area contributed by atoms with Gasteiger partial charge in [-0.1, -0.05) is 18.6 Å². The molecule has 1 saturated carbocycles. The van der Waals surface area contributed by atoms with Gasteiger partial charge in [-0.2, -0.15) is 0 Å². The van der Waals surface area contributed by atoms with E-state index in [1.54, 1.807) is 11.8 Å². The standard InChI is InChI=1S/C15H18BrNO3S/c16-11-5-1-2-7-13(11)21-9-8-14(18)17-12-6-3-4-10(12)15(19)20/h1-2,5,7,10,12H,3-4,6,8-9H2,(H,17,18)(H,19,20)/t10-,12+/m1/s1. The third-order valence-corrected chi connectivity index (χ3v) is 5.63. The Kier molecular flexibility index (Phi) is 6.11. The van der Waals surface area contributed by atoms with Crippen molar-refractivity contribution in [1.29, 1.82) is 0 Å². The van der Waals surface area contributed by atoms with Crippen molar-refractivity contribution in [1.82, 2.24) is 5.32 Å². The minimum absolute atomic E-state index is 0.0623.